The molecule has 2 bridgehead atoms. The molecule has 3 aliphatic carbocycles. The van der Waals surface area contributed by atoms with Crippen LogP contribution < -0.4 is 0 Å². The Kier molecular flexibility index (Phi) is 2.23. The highest BCUT2D eigenvalue weighted by Gasteiger charge is 2.61. The van der Waals surface area contributed by atoms with Gasteiger partial charge < -0.3 is 4.90 Å². The zero-order valence-electron chi connectivity index (χ0n) is 11.5. The van der Waals surface area contributed by atoms with E-state index in [0.29, 0.717) is 0 Å². The van der Waals surface area contributed by atoms with E-state index < -0.39 is 0 Å². The standard InChI is InChI=1S/C16H27N/c1-11(2)17-7-6-16(10-17)9-12-8-15(16)14-5-3-4-13(12)14/h11-15H,3-10H2,1-2H3. The molecule has 96 valence electrons. The fourth-order valence-corrected chi connectivity index (χ4v) is 6.23. The zero-order valence-corrected chi connectivity index (χ0v) is 11.5. The molecule has 17 heavy (non-hydrogen) atoms. The molecule has 0 amide bonds. The SMILES string of the molecule is CC(C)N1CCC2(CC3CC2C2CCCC32)C1. The first-order valence-electron chi connectivity index (χ1n) is 7.94. The number of hydrogen-bond donors (Lipinski definition) is 0. The van der Waals surface area contributed by atoms with Gasteiger partial charge in [-0.15, -0.1) is 0 Å². The van der Waals surface area contributed by atoms with E-state index >= 15 is 0 Å². The lowest BCUT2D eigenvalue weighted by Crippen LogP contribution is -2.39. The van der Waals surface area contributed by atoms with Crippen molar-refractivity contribution in [3.63, 3.8) is 0 Å². The van der Waals surface area contributed by atoms with Gasteiger partial charge in [-0.25, -0.2) is 0 Å². The van der Waals surface area contributed by atoms with Gasteiger partial charge in [0.25, 0.3) is 0 Å². The smallest absolute Gasteiger partial charge is 0.00440 e. The molecule has 5 unspecified atom stereocenters. The van der Waals surface area contributed by atoms with Crippen LogP contribution in [-0.4, -0.2) is 24.0 Å². The summed E-state index contributed by atoms with van der Waals surface area (Å²) in [5.74, 6) is 4.59. The van der Waals surface area contributed by atoms with Gasteiger partial charge in [-0.1, -0.05) is 6.42 Å². The highest BCUT2D eigenvalue weighted by molar-refractivity contribution is 5.12. The molecule has 1 saturated heterocycles. The molecular weight excluding hydrogens is 206 g/mol. The first-order valence-corrected chi connectivity index (χ1v) is 7.94. The Bertz CT molecular complexity index is 323. The van der Waals surface area contributed by atoms with Crippen molar-refractivity contribution in [2.24, 2.45) is 29.1 Å². The monoisotopic (exact) mass is 233 g/mol. The van der Waals surface area contributed by atoms with E-state index in [1.54, 1.807) is 32.1 Å². The van der Waals surface area contributed by atoms with Crippen LogP contribution in [0.5, 0.6) is 0 Å². The molecule has 0 aromatic carbocycles. The lowest BCUT2D eigenvalue weighted by Gasteiger charge is -2.40. The average Bonchev–Trinajstić information content (AvgIpc) is 2.99. The van der Waals surface area contributed by atoms with Crippen LogP contribution in [0.2, 0.25) is 0 Å². The molecule has 0 aromatic heterocycles. The molecule has 4 aliphatic rings. The van der Waals surface area contributed by atoms with Crippen LogP contribution in [0.15, 0.2) is 0 Å². The van der Waals surface area contributed by atoms with Gasteiger partial charge in [0, 0.05) is 12.6 Å². The van der Waals surface area contributed by atoms with Crippen molar-refractivity contribution in [1.29, 1.82) is 0 Å². The van der Waals surface area contributed by atoms with Crippen molar-refractivity contribution in [3.05, 3.63) is 0 Å². The molecule has 1 spiro atoms. The lowest BCUT2D eigenvalue weighted by molar-refractivity contribution is 0.0835. The fourth-order valence-electron chi connectivity index (χ4n) is 6.23. The molecule has 5 atom stereocenters. The summed E-state index contributed by atoms with van der Waals surface area (Å²) < 4.78 is 0. The van der Waals surface area contributed by atoms with E-state index in [4.69, 9.17) is 0 Å². The third-order valence-electron chi connectivity index (χ3n) is 6.90. The Morgan fingerprint density at radius 3 is 2.76 bits per heavy atom. The highest BCUT2D eigenvalue weighted by Crippen LogP contribution is 2.67. The van der Waals surface area contributed by atoms with Crippen LogP contribution in [0.4, 0.5) is 0 Å². The van der Waals surface area contributed by atoms with Gasteiger partial charge in [0.15, 0.2) is 0 Å². The van der Waals surface area contributed by atoms with Crippen molar-refractivity contribution < 1.29 is 0 Å². The van der Waals surface area contributed by atoms with Gasteiger partial charge in [-0.3, -0.25) is 0 Å². The van der Waals surface area contributed by atoms with Crippen molar-refractivity contribution in [3.8, 4) is 0 Å². The maximum absolute atomic E-state index is 2.75. The Morgan fingerprint density at radius 1 is 1.18 bits per heavy atom. The molecule has 0 aromatic rings. The molecule has 1 aliphatic heterocycles. The number of nitrogens with zero attached hydrogens (tertiary/aromatic N) is 1. The molecule has 1 heterocycles. The second-order valence-electron chi connectivity index (χ2n) is 7.74. The maximum Gasteiger partial charge on any atom is 0.00440 e. The van der Waals surface area contributed by atoms with Crippen molar-refractivity contribution >= 4 is 0 Å². The van der Waals surface area contributed by atoms with E-state index in [2.05, 4.69) is 18.7 Å². The summed E-state index contributed by atoms with van der Waals surface area (Å²) in [4.78, 5) is 2.75. The third kappa shape index (κ3) is 1.35. The van der Waals surface area contributed by atoms with Gasteiger partial charge >= 0.3 is 0 Å². The van der Waals surface area contributed by atoms with Crippen molar-refractivity contribution in [2.45, 2.75) is 58.4 Å². The molecule has 0 N–H and O–H groups in total. The molecule has 1 nitrogen and oxygen atoms in total. The second kappa shape index (κ2) is 3.50. The number of likely N-dealkylation sites (tertiary alicyclic amines) is 1. The van der Waals surface area contributed by atoms with Crippen LogP contribution in [0.3, 0.4) is 0 Å². The molecule has 4 rings (SSSR count). The minimum atomic E-state index is 0.771. The topological polar surface area (TPSA) is 3.24 Å². The molecule has 3 saturated carbocycles. The Hall–Kier alpha value is -0.0400. The van der Waals surface area contributed by atoms with Crippen LogP contribution in [0.1, 0.15) is 52.4 Å². The van der Waals surface area contributed by atoms with E-state index in [9.17, 15) is 0 Å². The Labute approximate surface area is 106 Å². The largest absolute Gasteiger partial charge is 0.300 e. The number of hydrogen-bond acceptors (Lipinski definition) is 1. The van der Waals surface area contributed by atoms with Gasteiger partial charge in [0.2, 0.25) is 0 Å². The van der Waals surface area contributed by atoms with Crippen LogP contribution in [-0.2, 0) is 0 Å². The quantitative estimate of drug-likeness (QED) is 0.669. The molecular formula is C16H27N. The van der Waals surface area contributed by atoms with Crippen LogP contribution in [0.25, 0.3) is 0 Å². The highest BCUT2D eigenvalue weighted by atomic mass is 15.2. The summed E-state index contributed by atoms with van der Waals surface area (Å²) in [6, 6.07) is 0.771. The van der Waals surface area contributed by atoms with Crippen LogP contribution in [0, 0.1) is 29.1 Å². The first-order chi connectivity index (χ1) is 8.20. The van der Waals surface area contributed by atoms with Crippen molar-refractivity contribution in [2.75, 3.05) is 13.1 Å². The van der Waals surface area contributed by atoms with Gasteiger partial charge in [0.1, 0.15) is 0 Å². The van der Waals surface area contributed by atoms with Crippen molar-refractivity contribution in [1.82, 2.24) is 4.90 Å². The average molecular weight is 233 g/mol. The summed E-state index contributed by atoms with van der Waals surface area (Å²) in [6.07, 6.45) is 9.44. The Morgan fingerprint density at radius 2 is 2.00 bits per heavy atom. The van der Waals surface area contributed by atoms with E-state index in [1.807, 2.05) is 0 Å². The van der Waals surface area contributed by atoms with E-state index in [1.165, 1.54) is 25.4 Å². The first kappa shape index (κ1) is 10.8. The van der Waals surface area contributed by atoms with E-state index in [-0.39, 0.29) is 0 Å². The van der Waals surface area contributed by atoms with Crippen LogP contribution >= 0.6 is 0 Å². The number of rotatable bonds is 1. The van der Waals surface area contributed by atoms with Gasteiger partial charge in [-0.2, -0.15) is 0 Å². The molecule has 1 heteroatoms. The summed E-state index contributed by atoms with van der Waals surface area (Å²) in [7, 11) is 0. The predicted octanol–water partition coefficient (Wildman–Crippen LogP) is 3.54. The number of fused-ring (bicyclic) bond motifs is 6. The van der Waals surface area contributed by atoms with Gasteiger partial charge in [-0.05, 0) is 81.6 Å². The molecule has 4 fully saturated rings. The maximum atomic E-state index is 2.75. The predicted molar refractivity (Wildman–Crippen MR) is 70.8 cm³/mol. The van der Waals surface area contributed by atoms with Gasteiger partial charge in [0.05, 0.1) is 0 Å². The lowest BCUT2D eigenvalue weighted by atomic mass is 9.65. The third-order valence-corrected chi connectivity index (χ3v) is 6.90. The summed E-state index contributed by atoms with van der Waals surface area (Å²) in [5, 5.41) is 0. The fraction of sp³-hybridized carbons (Fsp3) is 1.00. The summed E-state index contributed by atoms with van der Waals surface area (Å²) in [5.41, 5.74) is 0.778. The minimum absolute atomic E-state index is 0.771. The minimum Gasteiger partial charge on any atom is -0.300 e. The second-order valence-corrected chi connectivity index (χ2v) is 7.74. The Balaban J connectivity index is 1.58. The molecule has 0 radical (unpaired) electrons. The van der Waals surface area contributed by atoms with E-state index in [0.717, 1.165) is 29.2 Å². The summed E-state index contributed by atoms with van der Waals surface area (Å²) in [6.45, 7) is 7.59. The summed E-state index contributed by atoms with van der Waals surface area (Å²) >= 11 is 0. The normalized spacial score (nSPS) is 53.1. The zero-order chi connectivity index (χ0) is 11.6.